The molecule has 0 bridgehead atoms. The van der Waals surface area contributed by atoms with Crippen LogP contribution in [-0.4, -0.2) is 46.8 Å². The van der Waals surface area contributed by atoms with Gasteiger partial charge < -0.3 is 10.2 Å². The molecule has 0 atom stereocenters. The van der Waals surface area contributed by atoms with Crippen LogP contribution in [0.2, 0.25) is 0 Å². The molecule has 2 fully saturated rings. The predicted octanol–water partition coefficient (Wildman–Crippen LogP) is 4.81. The van der Waals surface area contributed by atoms with Gasteiger partial charge in [-0.25, -0.2) is 4.68 Å². The zero-order valence-corrected chi connectivity index (χ0v) is 19.1. The number of carbonyl (C=O) groups excluding carboxylic acids is 1. The van der Waals surface area contributed by atoms with Gasteiger partial charge in [-0.05, 0) is 68.8 Å². The summed E-state index contributed by atoms with van der Waals surface area (Å²) < 4.78 is 1.81. The fourth-order valence-corrected chi connectivity index (χ4v) is 5.10. The maximum absolute atomic E-state index is 13.6. The van der Waals surface area contributed by atoms with Crippen molar-refractivity contribution in [2.45, 2.75) is 25.7 Å². The minimum Gasteiger partial charge on any atom is -0.337 e. The number of aromatic nitrogens is 2. The minimum atomic E-state index is 0. The van der Waals surface area contributed by atoms with E-state index < -0.39 is 0 Å². The first-order valence-corrected chi connectivity index (χ1v) is 11.5. The number of nitrogens with one attached hydrogen (secondary N) is 1. The molecule has 5 rings (SSSR count). The summed E-state index contributed by atoms with van der Waals surface area (Å²) in [5, 5.41) is 8.28. The maximum atomic E-state index is 13.6. The lowest BCUT2D eigenvalue weighted by Crippen LogP contribution is -2.42. The van der Waals surface area contributed by atoms with Crippen LogP contribution in [0.15, 0.2) is 66.7 Å². The number of hydrogen-bond donors (Lipinski definition) is 1. The van der Waals surface area contributed by atoms with Crippen molar-refractivity contribution in [2.75, 3.05) is 26.2 Å². The molecule has 0 radical (unpaired) electrons. The van der Waals surface area contributed by atoms with Crippen molar-refractivity contribution in [3.05, 3.63) is 72.4 Å². The molecular weight excluding hydrogens is 420 g/mol. The summed E-state index contributed by atoms with van der Waals surface area (Å²) in [4.78, 5) is 15.6. The highest BCUT2D eigenvalue weighted by Gasteiger charge is 2.31. The van der Waals surface area contributed by atoms with Gasteiger partial charge >= 0.3 is 0 Å². The van der Waals surface area contributed by atoms with Crippen molar-refractivity contribution in [1.82, 2.24) is 20.0 Å². The van der Waals surface area contributed by atoms with Gasteiger partial charge in [0, 0.05) is 18.7 Å². The number of benzene rings is 2. The Hall–Kier alpha value is -2.63. The highest BCUT2D eigenvalue weighted by Crippen LogP contribution is 2.32. The highest BCUT2D eigenvalue weighted by molar-refractivity contribution is 5.94. The van der Waals surface area contributed by atoms with Crippen molar-refractivity contribution in [3.63, 3.8) is 0 Å². The van der Waals surface area contributed by atoms with Crippen LogP contribution in [0, 0.1) is 11.8 Å². The smallest absolute Gasteiger partial charge is 0.272 e. The summed E-state index contributed by atoms with van der Waals surface area (Å²) in [6, 6.07) is 22.0. The molecule has 5 nitrogen and oxygen atoms in total. The molecule has 32 heavy (non-hydrogen) atoms. The Bertz CT molecular complexity index is 1010. The summed E-state index contributed by atoms with van der Waals surface area (Å²) in [6.45, 7) is 3.97. The van der Waals surface area contributed by atoms with E-state index in [9.17, 15) is 4.79 Å². The average molecular weight is 451 g/mol. The maximum Gasteiger partial charge on any atom is 0.272 e. The molecule has 0 saturated carbocycles. The number of carbonyl (C=O) groups is 1. The first-order valence-electron chi connectivity index (χ1n) is 11.5. The molecule has 1 amide bonds. The summed E-state index contributed by atoms with van der Waals surface area (Å²) >= 11 is 0. The molecule has 2 aliphatic rings. The third-order valence-electron chi connectivity index (χ3n) is 6.88. The standard InChI is InChI=1S/C26H30N4O.ClH/c31-26(29-17-13-21(14-18-29)20-11-15-27-16-12-20)25-19-24(22-7-3-1-4-8-22)28-30(25)23-9-5-2-6-10-23;/h1-10,19-21,27H,11-18H2;1H. The second kappa shape index (κ2) is 10.3. The van der Waals surface area contributed by atoms with Gasteiger partial charge in [0.05, 0.1) is 11.4 Å². The first-order chi connectivity index (χ1) is 15.3. The fourth-order valence-electron chi connectivity index (χ4n) is 5.10. The predicted molar refractivity (Wildman–Crippen MR) is 130 cm³/mol. The van der Waals surface area contributed by atoms with Gasteiger partial charge in [0.2, 0.25) is 0 Å². The van der Waals surface area contributed by atoms with Crippen molar-refractivity contribution in [2.24, 2.45) is 11.8 Å². The Labute approximate surface area is 196 Å². The number of nitrogens with zero attached hydrogens (tertiary/aromatic N) is 3. The molecule has 2 aliphatic heterocycles. The number of amides is 1. The van der Waals surface area contributed by atoms with Crippen LogP contribution in [0.4, 0.5) is 0 Å². The van der Waals surface area contributed by atoms with E-state index >= 15 is 0 Å². The van der Waals surface area contributed by atoms with Crippen LogP contribution >= 0.6 is 12.4 Å². The number of hydrogen-bond acceptors (Lipinski definition) is 3. The second-order valence-electron chi connectivity index (χ2n) is 8.75. The van der Waals surface area contributed by atoms with Crippen LogP contribution < -0.4 is 5.32 Å². The zero-order valence-electron chi connectivity index (χ0n) is 18.3. The quantitative estimate of drug-likeness (QED) is 0.620. The summed E-state index contributed by atoms with van der Waals surface area (Å²) in [5.41, 5.74) is 3.41. The minimum absolute atomic E-state index is 0. The molecular formula is C26H31ClN4O. The number of halogens is 1. The number of para-hydroxylation sites is 1. The fraction of sp³-hybridized carbons (Fsp3) is 0.385. The lowest BCUT2D eigenvalue weighted by molar-refractivity contribution is 0.0633. The van der Waals surface area contributed by atoms with Crippen molar-refractivity contribution >= 4 is 18.3 Å². The van der Waals surface area contributed by atoms with Crippen molar-refractivity contribution in [3.8, 4) is 16.9 Å². The van der Waals surface area contributed by atoms with E-state index in [4.69, 9.17) is 5.10 Å². The second-order valence-corrected chi connectivity index (χ2v) is 8.75. The normalized spacial score (nSPS) is 17.7. The van der Waals surface area contributed by atoms with Gasteiger partial charge in [0.1, 0.15) is 5.69 Å². The topological polar surface area (TPSA) is 50.2 Å². The molecule has 6 heteroatoms. The van der Waals surface area contributed by atoms with Gasteiger partial charge in [-0.3, -0.25) is 4.79 Å². The van der Waals surface area contributed by atoms with E-state index in [0.717, 1.165) is 67.8 Å². The lowest BCUT2D eigenvalue weighted by atomic mass is 9.79. The van der Waals surface area contributed by atoms with Crippen LogP contribution in [0.3, 0.4) is 0 Å². The number of piperidine rings is 2. The van der Waals surface area contributed by atoms with Gasteiger partial charge in [-0.2, -0.15) is 5.10 Å². The Morgan fingerprint density at radius 2 is 1.44 bits per heavy atom. The molecule has 0 spiro atoms. The van der Waals surface area contributed by atoms with E-state index in [2.05, 4.69) is 5.32 Å². The van der Waals surface area contributed by atoms with Gasteiger partial charge in [-0.15, -0.1) is 12.4 Å². The van der Waals surface area contributed by atoms with Gasteiger partial charge in [0.15, 0.2) is 0 Å². The molecule has 1 N–H and O–H groups in total. The van der Waals surface area contributed by atoms with Crippen LogP contribution in [0.5, 0.6) is 0 Å². The molecule has 3 aromatic rings. The van der Waals surface area contributed by atoms with Crippen LogP contribution in [-0.2, 0) is 0 Å². The molecule has 3 heterocycles. The molecule has 2 aromatic carbocycles. The van der Waals surface area contributed by atoms with Crippen LogP contribution in [0.1, 0.15) is 36.2 Å². The Kier molecular flexibility index (Phi) is 7.28. The zero-order chi connectivity index (χ0) is 21.0. The van der Waals surface area contributed by atoms with E-state index in [-0.39, 0.29) is 18.3 Å². The molecule has 1 aromatic heterocycles. The average Bonchev–Trinajstić information content (AvgIpc) is 3.31. The monoisotopic (exact) mass is 450 g/mol. The summed E-state index contributed by atoms with van der Waals surface area (Å²) in [7, 11) is 0. The lowest BCUT2D eigenvalue weighted by Gasteiger charge is -2.37. The molecule has 2 saturated heterocycles. The summed E-state index contributed by atoms with van der Waals surface area (Å²) in [6.07, 6.45) is 4.78. The first kappa shape index (κ1) is 22.6. The summed E-state index contributed by atoms with van der Waals surface area (Å²) in [5.74, 6) is 1.66. The third-order valence-corrected chi connectivity index (χ3v) is 6.88. The van der Waals surface area contributed by atoms with Crippen molar-refractivity contribution < 1.29 is 4.79 Å². The Balaban J connectivity index is 0.00000245. The molecule has 168 valence electrons. The molecule has 0 unspecified atom stereocenters. The molecule has 0 aliphatic carbocycles. The highest BCUT2D eigenvalue weighted by atomic mass is 35.5. The Morgan fingerprint density at radius 3 is 2.09 bits per heavy atom. The van der Waals surface area contributed by atoms with Gasteiger partial charge in [0.25, 0.3) is 5.91 Å². The van der Waals surface area contributed by atoms with Crippen molar-refractivity contribution in [1.29, 1.82) is 0 Å². The number of rotatable bonds is 4. The van der Waals surface area contributed by atoms with E-state index in [1.165, 1.54) is 12.8 Å². The van der Waals surface area contributed by atoms with E-state index in [0.29, 0.717) is 5.69 Å². The third kappa shape index (κ3) is 4.74. The van der Waals surface area contributed by atoms with E-state index in [1.54, 1.807) is 0 Å². The van der Waals surface area contributed by atoms with Gasteiger partial charge in [-0.1, -0.05) is 48.5 Å². The van der Waals surface area contributed by atoms with Crippen LogP contribution in [0.25, 0.3) is 16.9 Å². The largest absolute Gasteiger partial charge is 0.337 e. The Morgan fingerprint density at radius 1 is 0.844 bits per heavy atom. The van der Waals surface area contributed by atoms with E-state index in [1.807, 2.05) is 76.3 Å². The SMILES string of the molecule is Cl.O=C(c1cc(-c2ccccc2)nn1-c1ccccc1)N1CCC(C2CCNCC2)CC1. The number of likely N-dealkylation sites (tertiary alicyclic amines) is 1.